The molecular weight excluding hydrogens is 364 g/mol. The molecule has 0 aromatic heterocycles. The van der Waals surface area contributed by atoms with Crippen LogP contribution in [0.3, 0.4) is 0 Å². The van der Waals surface area contributed by atoms with E-state index in [2.05, 4.69) is 0 Å². The molecule has 1 spiro atoms. The molecule has 2 aliphatic heterocycles. The lowest BCUT2D eigenvalue weighted by Gasteiger charge is -2.34. The smallest absolute Gasteiger partial charge is 0.339 e. The number of ether oxygens (including phenoxy) is 2. The summed E-state index contributed by atoms with van der Waals surface area (Å²) in [6.07, 6.45) is 0. The number of fused-ring (bicyclic) bond motifs is 2. The molecule has 2 amide bonds. The molecule has 0 saturated heterocycles. The Morgan fingerprint density at radius 3 is 2.64 bits per heavy atom. The summed E-state index contributed by atoms with van der Waals surface area (Å²) < 4.78 is 10.5. The van der Waals surface area contributed by atoms with E-state index in [1.54, 1.807) is 31.2 Å². The van der Waals surface area contributed by atoms with Crippen LogP contribution < -0.4 is 16.4 Å². The summed E-state index contributed by atoms with van der Waals surface area (Å²) in [6.45, 7) is 2.70. The number of esters is 1. The lowest BCUT2D eigenvalue weighted by molar-refractivity contribution is -0.141. The van der Waals surface area contributed by atoms with Gasteiger partial charge in [0.05, 0.1) is 6.61 Å². The number of anilines is 1. The molecule has 0 aliphatic carbocycles. The quantitative estimate of drug-likeness (QED) is 0.712. The standard InChI is InChI=1S/C19H18N4O5/c1-3-27-17(25)15-10(2)28-16(22)12(8-20)19(15)11-6-4-5-7-13(11)23(18(19)26)9-14(21)24/h4-7H,3,9,22H2,1-2H3,(H2,21,24)/t19-/m1/s1. The van der Waals surface area contributed by atoms with Gasteiger partial charge in [-0.1, -0.05) is 18.2 Å². The van der Waals surface area contributed by atoms with E-state index in [0.29, 0.717) is 11.3 Å². The maximum atomic E-state index is 13.6. The molecule has 0 bridgehead atoms. The molecule has 0 saturated carbocycles. The van der Waals surface area contributed by atoms with E-state index in [1.807, 2.05) is 6.07 Å². The number of nitrogens with zero attached hydrogens (tertiary/aromatic N) is 2. The van der Waals surface area contributed by atoms with Crippen molar-refractivity contribution in [1.29, 1.82) is 5.26 Å². The lowest BCUT2D eigenvalue weighted by Crippen LogP contribution is -2.50. The largest absolute Gasteiger partial charge is 0.462 e. The first-order valence-electron chi connectivity index (χ1n) is 8.47. The van der Waals surface area contributed by atoms with Crippen LogP contribution in [0, 0.1) is 11.3 Å². The van der Waals surface area contributed by atoms with Crippen molar-refractivity contribution < 1.29 is 23.9 Å². The highest BCUT2D eigenvalue weighted by molar-refractivity contribution is 6.19. The molecule has 4 N–H and O–H groups in total. The number of carbonyl (C=O) groups is 3. The van der Waals surface area contributed by atoms with Crippen LogP contribution in [0.15, 0.2) is 47.1 Å². The molecular formula is C19H18N4O5. The molecule has 2 aliphatic rings. The van der Waals surface area contributed by atoms with Gasteiger partial charge in [-0.3, -0.25) is 9.59 Å². The van der Waals surface area contributed by atoms with Crippen molar-refractivity contribution in [2.24, 2.45) is 11.5 Å². The monoisotopic (exact) mass is 382 g/mol. The highest BCUT2D eigenvalue weighted by Gasteiger charge is 2.62. The van der Waals surface area contributed by atoms with E-state index < -0.39 is 29.7 Å². The number of amides is 2. The minimum atomic E-state index is -1.88. The first-order valence-corrected chi connectivity index (χ1v) is 8.47. The minimum Gasteiger partial charge on any atom is -0.462 e. The zero-order valence-corrected chi connectivity index (χ0v) is 15.3. The SMILES string of the molecule is CCOC(=O)C1=C(C)OC(N)=C(C#N)[C@@]12C(=O)N(CC(N)=O)c1ccccc12. The van der Waals surface area contributed by atoms with Gasteiger partial charge >= 0.3 is 5.97 Å². The van der Waals surface area contributed by atoms with E-state index in [0.717, 1.165) is 4.90 Å². The molecule has 3 rings (SSSR count). The molecule has 28 heavy (non-hydrogen) atoms. The molecule has 1 atom stereocenters. The van der Waals surface area contributed by atoms with Gasteiger partial charge in [-0.2, -0.15) is 5.26 Å². The number of rotatable bonds is 4. The van der Waals surface area contributed by atoms with Crippen LogP contribution in [-0.2, 0) is 29.3 Å². The van der Waals surface area contributed by atoms with Crippen molar-refractivity contribution >= 4 is 23.5 Å². The Labute approximate surface area is 160 Å². The first-order chi connectivity index (χ1) is 13.3. The third-order valence-electron chi connectivity index (χ3n) is 4.68. The number of allylic oxidation sites excluding steroid dienone is 1. The average Bonchev–Trinajstić information content (AvgIpc) is 2.85. The van der Waals surface area contributed by atoms with Gasteiger partial charge in [0.1, 0.15) is 29.5 Å². The topological polar surface area (TPSA) is 149 Å². The maximum Gasteiger partial charge on any atom is 0.339 e. The number of benzene rings is 1. The predicted molar refractivity (Wildman–Crippen MR) is 96.9 cm³/mol. The van der Waals surface area contributed by atoms with Crippen LogP contribution in [0.1, 0.15) is 19.4 Å². The fraction of sp³-hybridized carbons (Fsp3) is 0.263. The number of hydrogen-bond donors (Lipinski definition) is 2. The van der Waals surface area contributed by atoms with Crippen LogP contribution in [0.5, 0.6) is 0 Å². The van der Waals surface area contributed by atoms with Gasteiger partial charge in [0.2, 0.25) is 17.7 Å². The summed E-state index contributed by atoms with van der Waals surface area (Å²) in [5.41, 5.74) is 9.64. The second-order valence-corrected chi connectivity index (χ2v) is 6.23. The second-order valence-electron chi connectivity index (χ2n) is 6.23. The van der Waals surface area contributed by atoms with E-state index in [-0.39, 0.29) is 29.4 Å². The number of para-hydroxylation sites is 1. The van der Waals surface area contributed by atoms with E-state index in [9.17, 15) is 19.6 Å². The Balaban J connectivity index is 2.40. The van der Waals surface area contributed by atoms with Gasteiger partial charge < -0.3 is 25.8 Å². The number of hydrogen-bond acceptors (Lipinski definition) is 7. The average molecular weight is 382 g/mol. The molecule has 9 heteroatoms. The molecule has 0 fully saturated rings. The Hall–Kier alpha value is -3.80. The van der Waals surface area contributed by atoms with Crippen molar-refractivity contribution in [2.75, 3.05) is 18.1 Å². The van der Waals surface area contributed by atoms with Crippen molar-refractivity contribution in [3.63, 3.8) is 0 Å². The van der Waals surface area contributed by atoms with E-state index >= 15 is 0 Å². The zero-order chi connectivity index (χ0) is 20.6. The summed E-state index contributed by atoms with van der Waals surface area (Å²) in [7, 11) is 0. The summed E-state index contributed by atoms with van der Waals surface area (Å²) in [5.74, 6) is -2.51. The van der Waals surface area contributed by atoms with Crippen molar-refractivity contribution in [3.8, 4) is 6.07 Å². The molecule has 0 radical (unpaired) electrons. The molecule has 2 heterocycles. The summed E-state index contributed by atoms with van der Waals surface area (Å²) in [4.78, 5) is 39.2. The van der Waals surface area contributed by atoms with Crippen molar-refractivity contribution in [1.82, 2.24) is 0 Å². The highest BCUT2D eigenvalue weighted by Crippen LogP contribution is 2.53. The maximum absolute atomic E-state index is 13.6. The highest BCUT2D eigenvalue weighted by atomic mass is 16.5. The van der Waals surface area contributed by atoms with Gasteiger partial charge in [0.15, 0.2) is 5.41 Å². The number of nitriles is 1. The lowest BCUT2D eigenvalue weighted by atomic mass is 9.68. The van der Waals surface area contributed by atoms with Crippen LogP contribution >= 0.6 is 0 Å². The fourth-order valence-corrected chi connectivity index (χ4v) is 3.73. The van der Waals surface area contributed by atoms with Gasteiger partial charge in [-0.05, 0) is 19.9 Å². The third kappa shape index (κ3) is 2.42. The molecule has 144 valence electrons. The van der Waals surface area contributed by atoms with Gasteiger partial charge in [0, 0.05) is 11.3 Å². The molecule has 1 aromatic carbocycles. The molecule has 1 aromatic rings. The Bertz CT molecular complexity index is 1000. The Kier molecular flexibility index (Phi) is 4.56. The van der Waals surface area contributed by atoms with Gasteiger partial charge in [0.25, 0.3) is 0 Å². The molecule has 0 unspecified atom stereocenters. The van der Waals surface area contributed by atoms with Crippen molar-refractivity contribution in [3.05, 3.63) is 52.6 Å². The number of carbonyl (C=O) groups excluding carboxylic acids is 3. The fourth-order valence-electron chi connectivity index (χ4n) is 3.73. The Morgan fingerprint density at radius 2 is 2.04 bits per heavy atom. The Morgan fingerprint density at radius 1 is 1.36 bits per heavy atom. The van der Waals surface area contributed by atoms with Crippen LogP contribution in [-0.4, -0.2) is 30.9 Å². The summed E-state index contributed by atoms with van der Waals surface area (Å²) in [6, 6.07) is 8.42. The first kappa shape index (κ1) is 19.0. The third-order valence-corrected chi connectivity index (χ3v) is 4.68. The van der Waals surface area contributed by atoms with Crippen LogP contribution in [0.4, 0.5) is 5.69 Å². The zero-order valence-electron chi connectivity index (χ0n) is 15.3. The van der Waals surface area contributed by atoms with Gasteiger partial charge in [-0.25, -0.2) is 4.79 Å². The number of nitrogens with two attached hydrogens (primary N) is 2. The normalized spacial score (nSPS) is 20.8. The minimum absolute atomic E-state index is 0.0408. The van der Waals surface area contributed by atoms with Gasteiger partial charge in [-0.15, -0.1) is 0 Å². The second kappa shape index (κ2) is 6.74. The summed E-state index contributed by atoms with van der Waals surface area (Å²) >= 11 is 0. The summed E-state index contributed by atoms with van der Waals surface area (Å²) in [5, 5.41) is 9.81. The van der Waals surface area contributed by atoms with E-state index in [1.165, 1.54) is 6.92 Å². The van der Waals surface area contributed by atoms with E-state index in [4.69, 9.17) is 20.9 Å². The van der Waals surface area contributed by atoms with Crippen LogP contribution in [0.2, 0.25) is 0 Å². The number of primary amides is 1. The predicted octanol–water partition coefficient (Wildman–Crippen LogP) is 0.317. The van der Waals surface area contributed by atoms with Crippen molar-refractivity contribution in [2.45, 2.75) is 19.3 Å². The van der Waals surface area contributed by atoms with Crippen LogP contribution in [0.25, 0.3) is 0 Å². The molecule has 9 nitrogen and oxygen atoms in total.